The maximum atomic E-state index is 12.1. The van der Waals surface area contributed by atoms with Crippen LogP contribution in [0, 0.1) is 0 Å². The first-order chi connectivity index (χ1) is 10.5. The van der Waals surface area contributed by atoms with Gasteiger partial charge in [0, 0.05) is 4.47 Å². The molecule has 1 amide bonds. The molecule has 0 spiro atoms. The Kier molecular flexibility index (Phi) is 7.84. The molecule has 0 aromatic heterocycles. The molecule has 0 saturated heterocycles. The van der Waals surface area contributed by atoms with Crippen LogP contribution in [0.15, 0.2) is 35.3 Å². The highest BCUT2D eigenvalue weighted by atomic mass is 79.9. The Morgan fingerprint density at radius 2 is 2.18 bits per heavy atom. The Labute approximate surface area is 138 Å². The Balaban J connectivity index is 2.87. The quantitative estimate of drug-likeness (QED) is 0.562. The van der Waals surface area contributed by atoms with E-state index in [1.807, 2.05) is 6.92 Å². The van der Waals surface area contributed by atoms with E-state index < -0.39 is 12.1 Å². The van der Waals surface area contributed by atoms with Crippen molar-refractivity contribution in [3.05, 3.63) is 40.9 Å². The van der Waals surface area contributed by atoms with Gasteiger partial charge < -0.3 is 14.8 Å². The molecule has 1 unspecified atom stereocenters. The molecule has 1 N–H and O–H groups in total. The topological polar surface area (TPSA) is 64.6 Å². The number of ether oxygens (including phenoxy) is 2. The molecule has 0 aliphatic rings. The van der Waals surface area contributed by atoms with Crippen LogP contribution in [0.5, 0.6) is 0 Å². The first-order valence-electron chi connectivity index (χ1n) is 6.99. The zero-order valence-electron chi connectivity index (χ0n) is 12.7. The highest BCUT2D eigenvalue weighted by molar-refractivity contribution is 9.10. The number of carbonyl (C=O) groups is 2. The second-order valence-electron chi connectivity index (χ2n) is 4.58. The van der Waals surface area contributed by atoms with Gasteiger partial charge in [0.2, 0.25) is 0 Å². The van der Waals surface area contributed by atoms with Crippen molar-refractivity contribution < 1.29 is 19.1 Å². The minimum absolute atomic E-state index is 0.278. The molecule has 6 heteroatoms. The van der Waals surface area contributed by atoms with E-state index in [4.69, 9.17) is 9.47 Å². The van der Waals surface area contributed by atoms with Crippen LogP contribution in [-0.2, 0) is 14.3 Å². The highest BCUT2D eigenvalue weighted by Crippen LogP contribution is 2.22. The molecule has 0 fully saturated rings. The van der Waals surface area contributed by atoms with Crippen LogP contribution < -0.4 is 5.32 Å². The summed E-state index contributed by atoms with van der Waals surface area (Å²) in [6, 6.07) is 5.00. The van der Waals surface area contributed by atoms with Gasteiger partial charge in [0.25, 0.3) is 5.91 Å². The fourth-order valence-corrected chi connectivity index (χ4v) is 1.95. The Morgan fingerprint density at radius 1 is 1.45 bits per heavy atom. The van der Waals surface area contributed by atoms with E-state index in [9.17, 15) is 9.59 Å². The number of carbonyl (C=O) groups excluding carboxylic acids is 2. The number of esters is 1. The molecule has 1 atom stereocenters. The second-order valence-corrected chi connectivity index (χ2v) is 5.49. The molecule has 0 bridgehead atoms. The zero-order valence-corrected chi connectivity index (χ0v) is 14.3. The van der Waals surface area contributed by atoms with Crippen LogP contribution in [0.25, 0.3) is 0 Å². The largest absolute Gasteiger partial charge is 0.462 e. The molecule has 5 nitrogen and oxygen atoms in total. The van der Waals surface area contributed by atoms with Crippen molar-refractivity contribution in [3.63, 3.8) is 0 Å². The summed E-state index contributed by atoms with van der Waals surface area (Å²) in [6.07, 6.45) is 1.64. The van der Waals surface area contributed by atoms with Crippen molar-refractivity contribution in [2.45, 2.75) is 26.4 Å². The summed E-state index contributed by atoms with van der Waals surface area (Å²) in [7, 11) is 0. The predicted molar refractivity (Wildman–Crippen MR) is 89.0 cm³/mol. The third kappa shape index (κ3) is 5.61. The number of halogens is 1. The summed E-state index contributed by atoms with van der Waals surface area (Å²) in [4.78, 5) is 24.1. The summed E-state index contributed by atoms with van der Waals surface area (Å²) in [5, 5.41) is 2.68. The standard InChI is InChI=1S/C16H20BrNO4/c1-4-8-21-11(3)15(19)18-14-7-6-12(17)10-13(14)16(20)22-9-5-2/h4,6-7,10-11H,1,5,8-9H2,2-3H3,(H,18,19). The van der Waals surface area contributed by atoms with Gasteiger partial charge in [0.1, 0.15) is 6.10 Å². The van der Waals surface area contributed by atoms with E-state index in [0.717, 1.165) is 10.9 Å². The molecule has 120 valence electrons. The molecule has 0 heterocycles. The SMILES string of the molecule is C=CCOC(C)C(=O)Nc1ccc(Br)cc1C(=O)OCCC. The summed E-state index contributed by atoms with van der Waals surface area (Å²) in [5.74, 6) is -0.813. The van der Waals surface area contributed by atoms with Crippen LogP contribution >= 0.6 is 15.9 Å². The lowest BCUT2D eigenvalue weighted by Crippen LogP contribution is -2.28. The van der Waals surface area contributed by atoms with Crippen molar-refractivity contribution >= 4 is 33.5 Å². The number of amides is 1. The summed E-state index contributed by atoms with van der Waals surface area (Å²) in [6.45, 7) is 7.68. The lowest BCUT2D eigenvalue weighted by atomic mass is 10.1. The van der Waals surface area contributed by atoms with Crippen LogP contribution in [-0.4, -0.2) is 31.2 Å². The summed E-state index contributed by atoms with van der Waals surface area (Å²) < 4.78 is 11.1. The molecular formula is C16H20BrNO4. The van der Waals surface area contributed by atoms with E-state index in [1.165, 1.54) is 0 Å². The van der Waals surface area contributed by atoms with E-state index >= 15 is 0 Å². The molecular weight excluding hydrogens is 350 g/mol. The van der Waals surface area contributed by atoms with Gasteiger partial charge >= 0.3 is 5.97 Å². The van der Waals surface area contributed by atoms with E-state index in [-0.39, 0.29) is 12.5 Å². The minimum atomic E-state index is -0.652. The van der Waals surface area contributed by atoms with Gasteiger partial charge in [-0.2, -0.15) is 0 Å². The van der Waals surface area contributed by atoms with Crippen LogP contribution in [0.3, 0.4) is 0 Å². The lowest BCUT2D eigenvalue weighted by Gasteiger charge is -2.15. The van der Waals surface area contributed by atoms with Crippen molar-refractivity contribution in [1.82, 2.24) is 0 Å². The predicted octanol–water partition coefficient (Wildman–Crippen LogP) is 3.55. The molecule has 22 heavy (non-hydrogen) atoms. The third-order valence-corrected chi connectivity index (χ3v) is 3.22. The third-order valence-electron chi connectivity index (χ3n) is 2.73. The lowest BCUT2D eigenvalue weighted by molar-refractivity contribution is -0.125. The van der Waals surface area contributed by atoms with Gasteiger partial charge in [-0.05, 0) is 31.5 Å². The van der Waals surface area contributed by atoms with Gasteiger partial charge in [0.15, 0.2) is 0 Å². The van der Waals surface area contributed by atoms with Gasteiger partial charge in [0.05, 0.1) is 24.5 Å². The van der Waals surface area contributed by atoms with Gasteiger partial charge in [-0.1, -0.05) is 28.9 Å². The van der Waals surface area contributed by atoms with E-state index in [2.05, 4.69) is 27.8 Å². The summed E-state index contributed by atoms with van der Waals surface area (Å²) in [5.41, 5.74) is 0.690. The Hall–Kier alpha value is -1.66. The average molecular weight is 370 g/mol. The molecule has 1 aromatic rings. The highest BCUT2D eigenvalue weighted by Gasteiger charge is 2.18. The van der Waals surface area contributed by atoms with Crippen molar-refractivity contribution in [2.75, 3.05) is 18.5 Å². The number of hydrogen-bond acceptors (Lipinski definition) is 4. The fraction of sp³-hybridized carbons (Fsp3) is 0.375. The Bertz CT molecular complexity index is 545. The number of hydrogen-bond donors (Lipinski definition) is 1. The first-order valence-corrected chi connectivity index (χ1v) is 7.79. The number of anilines is 1. The van der Waals surface area contributed by atoms with Crippen LogP contribution in [0.2, 0.25) is 0 Å². The molecule has 1 rings (SSSR count). The van der Waals surface area contributed by atoms with Gasteiger partial charge in [-0.25, -0.2) is 4.79 Å². The fourth-order valence-electron chi connectivity index (χ4n) is 1.59. The molecule has 0 radical (unpaired) electrons. The normalized spacial score (nSPS) is 11.6. The molecule has 0 aliphatic carbocycles. The van der Waals surface area contributed by atoms with Gasteiger partial charge in [-0.15, -0.1) is 6.58 Å². The minimum Gasteiger partial charge on any atom is -0.462 e. The molecule has 0 aliphatic heterocycles. The first kappa shape index (κ1) is 18.4. The number of benzene rings is 1. The Morgan fingerprint density at radius 3 is 2.82 bits per heavy atom. The average Bonchev–Trinajstić information content (AvgIpc) is 2.51. The number of nitrogens with one attached hydrogen (secondary N) is 1. The smallest absolute Gasteiger partial charge is 0.340 e. The van der Waals surface area contributed by atoms with Crippen molar-refractivity contribution in [1.29, 1.82) is 0 Å². The summed E-state index contributed by atoms with van der Waals surface area (Å²) >= 11 is 3.31. The maximum absolute atomic E-state index is 12.1. The zero-order chi connectivity index (χ0) is 16.5. The number of rotatable bonds is 8. The van der Waals surface area contributed by atoms with E-state index in [0.29, 0.717) is 17.9 Å². The van der Waals surface area contributed by atoms with Gasteiger partial charge in [-0.3, -0.25) is 4.79 Å². The second kappa shape index (κ2) is 9.38. The van der Waals surface area contributed by atoms with Crippen LogP contribution in [0.4, 0.5) is 5.69 Å². The maximum Gasteiger partial charge on any atom is 0.340 e. The van der Waals surface area contributed by atoms with E-state index in [1.54, 1.807) is 31.2 Å². The molecule has 0 saturated carbocycles. The molecule has 1 aromatic carbocycles. The van der Waals surface area contributed by atoms with Crippen LogP contribution in [0.1, 0.15) is 30.6 Å². The monoisotopic (exact) mass is 369 g/mol. The van der Waals surface area contributed by atoms with Crippen molar-refractivity contribution in [2.24, 2.45) is 0 Å². The van der Waals surface area contributed by atoms with Crippen molar-refractivity contribution in [3.8, 4) is 0 Å².